The van der Waals surface area contributed by atoms with Gasteiger partial charge in [-0.05, 0) is 49.7 Å². The number of Topliss-reactive ketones (excluding diaryl/α,β-unsaturated/α-hetero) is 1. The van der Waals surface area contributed by atoms with Crippen molar-refractivity contribution < 1.29 is 18.0 Å². The second kappa shape index (κ2) is 10.4. The van der Waals surface area contributed by atoms with Gasteiger partial charge in [-0.3, -0.25) is 14.5 Å². The highest BCUT2D eigenvalue weighted by Crippen LogP contribution is 2.20. The van der Waals surface area contributed by atoms with Crippen molar-refractivity contribution in [3.05, 3.63) is 101 Å². The van der Waals surface area contributed by atoms with Crippen LogP contribution in [0.5, 0.6) is 0 Å². The second-order valence-corrected chi connectivity index (χ2v) is 10.4. The molecule has 6 nitrogen and oxygen atoms in total. The maximum atomic E-state index is 13.2. The van der Waals surface area contributed by atoms with Crippen molar-refractivity contribution in [2.24, 2.45) is 0 Å². The Morgan fingerprint density at radius 3 is 2.00 bits per heavy atom. The first-order valence-electron chi connectivity index (χ1n) is 11.4. The number of carbonyl (C=O) groups is 2. The minimum atomic E-state index is -3.65. The van der Waals surface area contributed by atoms with Crippen LogP contribution in [0, 0.1) is 0 Å². The third-order valence-electron chi connectivity index (χ3n) is 6.10. The lowest BCUT2D eigenvalue weighted by molar-refractivity contribution is 0.101. The van der Waals surface area contributed by atoms with Crippen LogP contribution >= 0.6 is 0 Å². The molecular formula is C27H28N2O4S. The van der Waals surface area contributed by atoms with Gasteiger partial charge in [-0.2, -0.15) is 4.31 Å². The predicted molar refractivity (Wildman–Crippen MR) is 131 cm³/mol. The average Bonchev–Trinajstić information content (AvgIpc) is 3.10. The number of benzene rings is 3. The summed E-state index contributed by atoms with van der Waals surface area (Å²) < 4.78 is 28.0. The van der Waals surface area contributed by atoms with Crippen molar-refractivity contribution in [3.63, 3.8) is 0 Å². The molecule has 176 valence electrons. The molecule has 1 aliphatic heterocycles. The van der Waals surface area contributed by atoms with Crippen LogP contribution in [0.1, 0.15) is 45.2 Å². The fraction of sp³-hybridized carbons (Fsp3) is 0.259. The molecule has 0 bridgehead atoms. The van der Waals surface area contributed by atoms with Crippen LogP contribution in [-0.4, -0.2) is 55.4 Å². The summed E-state index contributed by atoms with van der Waals surface area (Å²) in [5.41, 5.74) is 2.82. The molecule has 0 aliphatic carbocycles. The molecule has 34 heavy (non-hydrogen) atoms. The number of nitrogens with zero attached hydrogens (tertiary/aromatic N) is 2. The lowest BCUT2D eigenvalue weighted by Gasteiger charge is -2.22. The van der Waals surface area contributed by atoms with Gasteiger partial charge in [0.1, 0.15) is 0 Å². The van der Waals surface area contributed by atoms with Crippen molar-refractivity contribution in [2.45, 2.75) is 24.8 Å². The maximum absolute atomic E-state index is 13.2. The van der Waals surface area contributed by atoms with E-state index in [0.717, 1.165) is 18.5 Å². The van der Waals surface area contributed by atoms with E-state index in [-0.39, 0.29) is 16.5 Å². The van der Waals surface area contributed by atoms with Gasteiger partial charge in [0.25, 0.3) is 0 Å². The van der Waals surface area contributed by atoms with Crippen molar-refractivity contribution in [3.8, 4) is 0 Å². The zero-order valence-corrected chi connectivity index (χ0v) is 20.0. The number of carbonyl (C=O) groups excluding carboxylic acids is 2. The van der Waals surface area contributed by atoms with Crippen molar-refractivity contribution in [2.75, 3.05) is 26.2 Å². The number of hydrogen-bond donors (Lipinski definition) is 0. The first-order chi connectivity index (χ1) is 16.3. The molecule has 3 aromatic rings. The molecule has 7 heteroatoms. The summed E-state index contributed by atoms with van der Waals surface area (Å²) in [5, 5.41) is 0. The maximum Gasteiger partial charge on any atom is 0.243 e. The van der Waals surface area contributed by atoms with Crippen molar-refractivity contribution in [1.82, 2.24) is 9.21 Å². The van der Waals surface area contributed by atoms with E-state index in [2.05, 4.69) is 4.90 Å². The fourth-order valence-corrected chi connectivity index (χ4v) is 5.60. The average molecular weight is 477 g/mol. The van der Waals surface area contributed by atoms with E-state index >= 15 is 0 Å². The molecule has 4 rings (SSSR count). The highest BCUT2D eigenvalue weighted by Gasteiger charge is 2.27. The van der Waals surface area contributed by atoms with Crippen LogP contribution in [0.25, 0.3) is 0 Å². The normalized spacial score (nSPS) is 15.6. The third-order valence-corrected chi connectivity index (χ3v) is 8.02. The molecule has 0 N–H and O–H groups in total. The lowest BCUT2D eigenvalue weighted by Crippen LogP contribution is -2.35. The molecule has 0 saturated carbocycles. The SMILES string of the molecule is CC(=O)c1ccc(CN2CCCN(S(=O)(=O)c3ccc(C(=O)c4ccccc4)cc3)CC2)cc1. The quantitative estimate of drug-likeness (QED) is 0.482. The number of ketones is 2. The van der Waals surface area contributed by atoms with Gasteiger partial charge in [-0.15, -0.1) is 0 Å². The van der Waals surface area contributed by atoms with E-state index in [1.807, 2.05) is 30.3 Å². The van der Waals surface area contributed by atoms with Gasteiger partial charge in [-0.25, -0.2) is 8.42 Å². The van der Waals surface area contributed by atoms with Crippen molar-refractivity contribution in [1.29, 1.82) is 0 Å². The van der Waals surface area contributed by atoms with E-state index in [9.17, 15) is 18.0 Å². The van der Waals surface area contributed by atoms with Crippen LogP contribution in [0.15, 0.2) is 83.8 Å². The highest BCUT2D eigenvalue weighted by atomic mass is 32.2. The zero-order chi connectivity index (χ0) is 24.1. The molecule has 0 amide bonds. The van der Waals surface area contributed by atoms with Crippen LogP contribution < -0.4 is 0 Å². The molecule has 3 aromatic carbocycles. The Morgan fingerprint density at radius 2 is 1.35 bits per heavy atom. The Hall–Kier alpha value is -3.13. The third kappa shape index (κ3) is 5.50. The minimum absolute atomic E-state index is 0.0413. The van der Waals surface area contributed by atoms with Crippen LogP contribution in [-0.2, 0) is 16.6 Å². The standard InChI is InChI=1S/C27H28N2O4S/c1-21(30)23-10-8-22(9-11-23)20-28-16-5-17-29(19-18-28)34(32,33)26-14-12-25(13-15-26)27(31)24-6-3-2-4-7-24/h2-4,6-15H,5,16-20H2,1H3. The molecule has 1 fully saturated rings. The van der Waals surface area contributed by atoms with Gasteiger partial charge in [0, 0.05) is 42.9 Å². The Balaban J connectivity index is 1.40. The molecule has 1 saturated heterocycles. The summed E-state index contributed by atoms with van der Waals surface area (Å²) in [4.78, 5) is 26.5. The first kappa shape index (κ1) is 24.0. The zero-order valence-electron chi connectivity index (χ0n) is 19.2. The summed E-state index contributed by atoms with van der Waals surface area (Å²) in [7, 11) is -3.65. The highest BCUT2D eigenvalue weighted by molar-refractivity contribution is 7.89. The number of hydrogen-bond acceptors (Lipinski definition) is 5. The summed E-state index contributed by atoms with van der Waals surface area (Å²) in [5.74, 6) is -0.0917. The molecule has 1 aliphatic rings. The van der Waals surface area contributed by atoms with Crippen LogP contribution in [0.2, 0.25) is 0 Å². The molecule has 1 heterocycles. The summed E-state index contributed by atoms with van der Waals surface area (Å²) in [6.07, 6.45) is 0.731. The van der Waals surface area contributed by atoms with Gasteiger partial charge in [0.15, 0.2) is 11.6 Å². The Labute approximate surface area is 200 Å². The van der Waals surface area contributed by atoms with Gasteiger partial charge in [0.05, 0.1) is 4.90 Å². The van der Waals surface area contributed by atoms with Crippen molar-refractivity contribution >= 4 is 21.6 Å². The van der Waals surface area contributed by atoms with Gasteiger partial charge < -0.3 is 0 Å². The Morgan fingerprint density at radius 1 is 0.735 bits per heavy atom. The monoisotopic (exact) mass is 476 g/mol. The fourth-order valence-electron chi connectivity index (χ4n) is 4.13. The van der Waals surface area contributed by atoms with Crippen LogP contribution in [0.3, 0.4) is 0 Å². The van der Waals surface area contributed by atoms with E-state index in [1.54, 1.807) is 43.3 Å². The Bertz CT molecular complexity index is 1250. The molecule has 0 atom stereocenters. The van der Waals surface area contributed by atoms with Gasteiger partial charge in [-0.1, -0.05) is 54.6 Å². The van der Waals surface area contributed by atoms with E-state index in [1.165, 1.54) is 16.4 Å². The van der Waals surface area contributed by atoms with Crippen LogP contribution in [0.4, 0.5) is 0 Å². The minimum Gasteiger partial charge on any atom is -0.298 e. The topological polar surface area (TPSA) is 74.8 Å². The Kier molecular flexibility index (Phi) is 7.36. The lowest BCUT2D eigenvalue weighted by atomic mass is 10.0. The molecule has 0 radical (unpaired) electrons. The predicted octanol–water partition coefficient (Wildman–Crippen LogP) is 4.02. The van der Waals surface area contributed by atoms with E-state index < -0.39 is 10.0 Å². The molecular weight excluding hydrogens is 448 g/mol. The number of rotatable bonds is 7. The summed E-state index contributed by atoms with van der Waals surface area (Å²) >= 11 is 0. The first-order valence-corrected chi connectivity index (χ1v) is 12.8. The van der Waals surface area contributed by atoms with E-state index in [4.69, 9.17) is 0 Å². The van der Waals surface area contributed by atoms with Gasteiger partial charge in [0.2, 0.25) is 10.0 Å². The van der Waals surface area contributed by atoms with Gasteiger partial charge >= 0.3 is 0 Å². The summed E-state index contributed by atoms with van der Waals surface area (Å²) in [6, 6.07) is 22.7. The smallest absolute Gasteiger partial charge is 0.243 e. The number of sulfonamides is 1. The second-order valence-electron chi connectivity index (χ2n) is 8.51. The molecule has 0 spiro atoms. The molecule has 0 aromatic heterocycles. The van der Waals surface area contributed by atoms with E-state index in [0.29, 0.717) is 42.9 Å². The molecule has 0 unspecified atom stereocenters. The largest absolute Gasteiger partial charge is 0.298 e. The summed E-state index contributed by atoms with van der Waals surface area (Å²) in [6.45, 7) is 4.53.